The monoisotopic (exact) mass is 441 g/mol. The predicted octanol–water partition coefficient (Wildman–Crippen LogP) is 4.35. The minimum atomic E-state index is -0.256. The molecule has 2 heterocycles. The summed E-state index contributed by atoms with van der Waals surface area (Å²) < 4.78 is 13.8. The van der Waals surface area contributed by atoms with E-state index in [1.165, 1.54) is 6.07 Å². The molecule has 2 atom stereocenters. The molecule has 164 valence electrons. The summed E-state index contributed by atoms with van der Waals surface area (Å²) in [5, 5.41) is 2.94. The lowest BCUT2D eigenvalue weighted by molar-refractivity contribution is -0.136. The van der Waals surface area contributed by atoms with Gasteiger partial charge in [-0.1, -0.05) is 30.3 Å². The quantitative estimate of drug-likeness (QED) is 0.771. The van der Waals surface area contributed by atoms with Crippen LogP contribution in [-0.4, -0.2) is 59.4 Å². The van der Waals surface area contributed by atoms with Crippen LogP contribution in [0.5, 0.6) is 0 Å². The van der Waals surface area contributed by atoms with Crippen molar-refractivity contribution in [3.8, 4) is 0 Å². The maximum Gasteiger partial charge on any atom is 0.321 e. The van der Waals surface area contributed by atoms with E-state index in [1.54, 1.807) is 17.9 Å². The molecule has 0 radical (unpaired) electrons. The van der Waals surface area contributed by atoms with E-state index in [2.05, 4.69) is 5.32 Å². The molecule has 0 spiro atoms. The van der Waals surface area contributed by atoms with Gasteiger partial charge in [-0.2, -0.15) is 11.8 Å². The molecule has 2 aromatic rings. The summed E-state index contributed by atoms with van der Waals surface area (Å²) in [7, 11) is 0. The van der Waals surface area contributed by atoms with Crippen molar-refractivity contribution in [2.24, 2.45) is 5.92 Å². The average molecular weight is 442 g/mol. The fourth-order valence-electron chi connectivity index (χ4n) is 4.37. The molecule has 0 aromatic heterocycles. The number of rotatable bonds is 3. The molecule has 0 bridgehead atoms. The molecule has 5 nitrogen and oxygen atoms in total. The molecule has 0 unspecified atom stereocenters. The number of nitrogens with one attached hydrogen (secondary N) is 1. The van der Waals surface area contributed by atoms with Crippen LogP contribution in [0.25, 0.3) is 0 Å². The van der Waals surface area contributed by atoms with Gasteiger partial charge in [0.1, 0.15) is 5.82 Å². The van der Waals surface area contributed by atoms with E-state index in [0.717, 1.165) is 35.8 Å². The van der Waals surface area contributed by atoms with Crippen LogP contribution in [0.1, 0.15) is 23.5 Å². The fourth-order valence-corrected chi connectivity index (χ4v) is 5.28. The molecule has 7 heteroatoms. The number of aryl methyl sites for hydroxylation is 1. The second kappa shape index (κ2) is 9.73. The Bertz CT molecular complexity index is 934. The van der Waals surface area contributed by atoms with Crippen LogP contribution >= 0.6 is 11.8 Å². The molecule has 2 saturated heterocycles. The number of hydrogen-bond donors (Lipinski definition) is 1. The summed E-state index contributed by atoms with van der Waals surface area (Å²) >= 11 is 1.87. The van der Waals surface area contributed by atoms with Crippen molar-refractivity contribution < 1.29 is 14.0 Å². The zero-order valence-electron chi connectivity index (χ0n) is 17.7. The summed E-state index contributed by atoms with van der Waals surface area (Å²) in [5.41, 5.74) is 2.28. The number of para-hydroxylation sites is 1. The van der Waals surface area contributed by atoms with Gasteiger partial charge in [0.05, 0.1) is 5.92 Å². The Morgan fingerprint density at radius 1 is 1.03 bits per heavy atom. The lowest BCUT2D eigenvalue weighted by atomic mass is 9.83. The van der Waals surface area contributed by atoms with E-state index in [-0.39, 0.29) is 29.6 Å². The van der Waals surface area contributed by atoms with E-state index < -0.39 is 0 Å². The highest BCUT2D eigenvalue weighted by atomic mass is 32.2. The Labute approximate surface area is 187 Å². The molecule has 0 saturated carbocycles. The van der Waals surface area contributed by atoms with E-state index >= 15 is 0 Å². The Hall–Kier alpha value is -2.54. The molecular formula is C24H28FN3O2S. The van der Waals surface area contributed by atoms with Crippen LogP contribution in [0.4, 0.5) is 14.9 Å². The lowest BCUT2D eigenvalue weighted by Crippen LogP contribution is -2.51. The highest BCUT2D eigenvalue weighted by molar-refractivity contribution is 7.99. The van der Waals surface area contributed by atoms with Gasteiger partial charge in [-0.15, -0.1) is 0 Å². The zero-order chi connectivity index (χ0) is 21.8. The fraction of sp³-hybridized carbons (Fsp3) is 0.417. The third kappa shape index (κ3) is 5.21. The predicted molar refractivity (Wildman–Crippen MR) is 123 cm³/mol. The third-order valence-corrected chi connectivity index (χ3v) is 7.03. The smallest absolute Gasteiger partial charge is 0.321 e. The molecule has 2 aromatic carbocycles. The first-order valence-electron chi connectivity index (χ1n) is 10.7. The molecule has 1 N–H and O–H groups in total. The standard InChI is InChI=1S/C24H28FN3O2S/c1-17-13-18(7-8-22(17)25)19-14-20(23(29)27-9-11-31-12-10-27)16-28(15-19)24(30)26-21-5-3-2-4-6-21/h2-8,13,19-20H,9-12,14-16H2,1H3,(H,26,30)/t19-,20+/m0/s1. The number of amides is 3. The highest BCUT2D eigenvalue weighted by Crippen LogP contribution is 2.33. The second-order valence-corrected chi connectivity index (χ2v) is 9.50. The Balaban J connectivity index is 1.55. The molecule has 2 aliphatic rings. The minimum absolute atomic E-state index is 0.0114. The van der Waals surface area contributed by atoms with E-state index in [1.807, 2.05) is 53.1 Å². The first kappa shape index (κ1) is 21.7. The van der Waals surface area contributed by atoms with E-state index in [0.29, 0.717) is 25.1 Å². The number of benzene rings is 2. The molecular weight excluding hydrogens is 413 g/mol. The number of urea groups is 1. The van der Waals surface area contributed by atoms with E-state index in [9.17, 15) is 14.0 Å². The summed E-state index contributed by atoms with van der Waals surface area (Å²) in [5.74, 6) is 1.53. The Morgan fingerprint density at radius 2 is 1.77 bits per heavy atom. The van der Waals surface area contributed by atoms with Gasteiger partial charge in [-0.05, 0) is 42.7 Å². The number of likely N-dealkylation sites (tertiary alicyclic amines) is 1. The van der Waals surface area contributed by atoms with Gasteiger partial charge >= 0.3 is 6.03 Å². The summed E-state index contributed by atoms with van der Waals surface area (Å²) in [6.07, 6.45) is 0.669. The van der Waals surface area contributed by atoms with Crippen molar-refractivity contribution in [1.82, 2.24) is 9.80 Å². The summed E-state index contributed by atoms with van der Waals surface area (Å²) in [4.78, 5) is 30.0. The van der Waals surface area contributed by atoms with Gasteiger partial charge in [-0.3, -0.25) is 4.79 Å². The van der Waals surface area contributed by atoms with E-state index in [4.69, 9.17) is 0 Å². The van der Waals surface area contributed by atoms with Gasteiger partial charge < -0.3 is 15.1 Å². The minimum Gasteiger partial charge on any atom is -0.341 e. The van der Waals surface area contributed by atoms with Crippen molar-refractivity contribution in [1.29, 1.82) is 0 Å². The maximum atomic E-state index is 13.8. The molecule has 0 aliphatic carbocycles. The van der Waals surface area contributed by atoms with Crippen molar-refractivity contribution in [2.45, 2.75) is 19.3 Å². The Kier molecular flexibility index (Phi) is 6.80. The lowest BCUT2D eigenvalue weighted by Gasteiger charge is -2.40. The van der Waals surface area contributed by atoms with Crippen LogP contribution in [0.2, 0.25) is 0 Å². The number of halogens is 1. The number of anilines is 1. The van der Waals surface area contributed by atoms with Crippen molar-refractivity contribution in [3.05, 3.63) is 65.5 Å². The largest absolute Gasteiger partial charge is 0.341 e. The molecule has 4 rings (SSSR count). The third-order valence-electron chi connectivity index (χ3n) is 6.09. The average Bonchev–Trinajstić information content (AvgIpc) is 2.81. The van der Waals surface area contributed by atoms with Crippen molar-refractivity contribution in [3.63, 3.8) is 0 Å². The number of piperidine rings is 1. The number of carbonyl (C=O) groups is 2. The molecule has 2 fully saturated rings. The van der Waals surface area contributed by atoms with Crippen LogP contribution in [0.15, 0.2) is 48.5 Å². The molecule has 2 aliphatic heterocycles. The van der Waals surface area contributed by atoms with Gasteiger partial charge in [0.2, 0.25) is 5.91 Å². The summed E-state index contributed by atoms with van der Waals surface area (Å²) in [6.45, 7) is 4.17. The van der Waals surface area contributed by atoms with Crippen LogP contribution in [0, 0.1) is 18.7 Å². The maximum absolute atomic E-state index is 13.8. The molecule has 31 heavy (non-hydrogen) atoms. The summed E-state index contributed by atoms with van der Waals surface area (Å²) in [6, 6.07) is 14.2. The first-order chi connectivity index (χ1) is 15.0. The number of hydrogen-bond acceptors (Lipinski definition) is 3. The van der Waals surface area contributed by atoms with Crippen molar-refractivity contribution in [2.75, 3.05) is 43.0 Å². The molecule has 3 amide bonds. The van der Waals surface area contributed by atoms with Crippen LogP contribution < -0.4 is 5.32 Å². The van der Waals surface area contributed by atoms with Gasteiger partial charge in [0.25, 0.3) is 0 Å². The van der Waals surface area contributed by atoms with Gasteiger partial charge in [0.15, 0.2) is 0 Å². The van der Waals surface area contributed by atoms with Crippen LogP contribution in [-0.2, 0) is 4.79 Å². The SMILES string of the molecule is Cc1cc([C@H]2C[C@@H](C(=O)N3CCSCC3)CN(C(=O)Nc3ccccc3)C2)ccc1F. The number of nitrogens with zero attached hydrogens (tertiary/aromatic N) is 2. The number of carbonyl (C=O) groups excluding carboxylic acids is 2. The topological polar surface area (TPSA) is 52.7 Å². The van der Waals surface area contributed by atoms with Crippen LogP contribution in [0.3, 0.4) is 0 Å². The zero-order valence-corrected chi connectivity index (χ0v) is 18.5. The van der Waals surface area contributed by atoms with Crippen molar-refractivity contribution >= 4 is 29.4 Å². The first-order valence-corrected chi connectivity index (χ1v) is 11.9. The van der Waals surface area contributed by atoms with Gasteiger partial charge in [0, 0.05) is 49.3 Å². The second-order valence-electron chi connectivity index (χ2n) is 8.28. The normalized spacial score (nSPS) is 21.6. The number of thioether (sulfide) groups is 1. The van der Waals surface area contributed by atoms with Gasteiger partial charge in [-0.25, -0.2) is 9.18 Å². The highest BCUT2D eigenvalue weighted by Gasteiger charge is 2.37. The Morgan fingerprint density at radius 3 is 2.48 bits per heavy atom.